The summed E-state index contributed by atoms with van der Waals surface area (Å²) in [7, 11) is 0. The monoisotopic (exact) mass is 326 g/mol. The Morgan fingerprint density at radius 2 is 1.96 bits per heavy atom. The van der Waals surface area contributed by atoms with Gasteiger partial charge in [0.2, 0.25) is 12.7 Å². The van der Waals surface area contributed by atoms with E-state index in [1.165, 1.54) is 6.92 Å². The zero-order chi connectivity index (χ0) is 16.9. The maximum atomic E-state index is 11.0. The number of amides is 1. The smallest absolute Gasteiger partial charge is 0.231 e. The molecule has 1 aliphatic rings. The lowest BCUT2D eigenvalue weighted by Gasteiger charge is -2.08. The van der Waals surface area contributed by atoms with Crippen molar-refractivity contribution in [2.75, 3.05) is 18.7 Å². The third-order valence-electron chi connectivity index (χ3n) is 3.35. The largest absolute Gasteiger partial charge is 0.493 e. The molecule has 2 aromatic rings. The second-order valence-corrected chi connectivity index (χ2v) is 5.16. The summed E-state index contributed by atoms with van der Waals surface area (Å²) in [6.45, 7) is 4.16. The number of fused-ring (bicyclic) bond motifs is 1. The number of hydrogen-bond acceptors (Lipinski definition) is 5. The fourth-order valence-electron chi connectivity index (χ4n) is 2.30. The van der Waals surface area contributed by atoms with Crippen molar-refractivity contribution >= 4 is 23.5 Å². The molecule has 2 aromatic carbocycles. The van der Waals surface area contributed by atoms with E-state index < -0.39 is 0 Å². The van der Waals surface area contributed by atoms with Crippen LogP contribution in [0.1, 0.15) is 19.4 Å². The van der Waals surface area contributed by atoms with E-state index in [1.54, 1.807) is 18.3 Å². The standard InChI is InChI=1S/C18H18N2O4/c1-3-22-16-9-18-17(23-11-24-18)8-13(16)10-19-14-4-6-15(7-5-14)20-12(2)21/h4-10H,3,11H2,1-2H3,(H,20,21). The minimum Gasteiger partial charge on any atom is -0.493 e. The van der Waals surface area contributed by atoms with E-state index in [2.05, 4.69) is 10.3 Å². The van der Waals surface area contributed by atoms with E-state index in [0.29, 0.717) is 23.9 Å². The van der Waals surface area contributed by atoms with Gasteiger partial charge in [-0.05, 0) is 37.3 Å². The summed E-state index contributed by atoms with van der Waals surface area (Å²) in [6.07, 6.45) is 1.72. The van der Waals surface area contributed by atoms with Crippen molar-refractivity contribution in [3.05, 3.63) is 42.0 Å². The number of nitrogens with one attached hydrogen (secondary N) is 1. The number of benzene rings is 2. The van der Waals surface area contributed by atoms with Crippen LogP contribution in [-0.4, -0.2) is 25.5 Å². The molecule has 0 bridgehead atoms. The SMILES string of the molecule is CCOc1cc2c(cc1C=Nc1ccc(NC(C)=O)cc1)OCO2. The highest BCUT2D eigenvalue weighted by Gasteiger charge is 2.17. The Morgan fingerprint density at radius 1 is 1.25 bits per heavy atom. The summed E-state index contributed by atoms with van der Waals surface area (Å²) < 4.78 is 16.4. The molecular weight excluding hydrogens is 308 g/mol. The minimum absolute atomic E-state index is 0.104. The molecule has 0 fully saturated rings. The number of nitrogens with zero attached hydrogens (tertiary/aromatic N) is 1. The van der Waals surface area contributed by atoms with E-state index in [-0.39, 0.29) is 12.7 Å². The lowest BCUT2D eigenvalue weighted by Crippen LogP contribution is -2.04. The molecule has 6 heteroatoms. The van der Waals surface area contributed by atoms with Gasteiger partial charge in [-0.3, -0.25) is 9.79 Å². The zero-order valence-electron chi connectivity index (χ0n) is 13.5. The van der Waals surface area contributed by atoms with Crippen molar-refractivity contribution in [2.24, 2.45) is 4.99 Å². The highest BCUT2D eigenvalue weighted by atomic mass is 16.7. The highest BCUT2D eigenvalue weighted by molar-refractivity contribution is 5.89. The second-order valence-electron chi connectivity index (χ2n) is 5.16. The summed E-state index contributed by atoms with van der Waals surface area (Å²) in [4.78, 5) is 15.5. The van der Waals surface area contributed by atoms with Crippen LogP contribution in [-0.2, 0) is 4.79 Å². The molecule has 0 atom stereocenters. The Hall–Kier alpha value is -3.02. The predicted octanol–water partition coefficient (Wildman–Crippen LogP) is 3.52. The average molecular weight is 326 g/mol. The molecule has 0 unspecified atom stereocenters. The molecule has 1 N–H and O–H groups in total. The topological polar surface area (TPSA) is 69.2 Å². The summed E-state index contributed by atoms with van der Waals surface area (Å²) in [5.41, 5.74) is 2.32. The van der Waals surface area contributed by atoms with Gasteiger partial charge in [0.15, 0.2) is 11.5 Å². The molecule has 124 valence electrons. The lowest BCUT2D eigenvalue weighted by molar-refractivity contribution is -0.114. The number of hydrogen-bond donors (Lipinski definition) is 1. The molecule has 0 spiro atoms. The van der Waals surface area contributed by atoms with Crippen LogP contribution in [0, 0.1) is 0 Å². The van der Waals surface area contributed by atoms with Gasteiger partial charge in [-0.15, -0.1) is 0 Å². The third-order valence-corrected chi connectivity index (χ3v) is 3.35. The van der Waals surface area contributed by atoms with Crippen LogP contribution < -0.4 is 19.5 Å². The first-order valence-electron chi connectivity index (χ1n) is 7.64. The van der Waals surface area contributed by atoms with E-state index >= 15 is 0 Å². The van der Waals surface area contributed by atoms with Crippen molar-refractivity contribution in [2.45, 2.75) is 13.8 Å². The molecule has 1 aliphatic heterocycles. The Balaban J connectivity index is 1.81. The fourth-order valence-corrected chi connectivity index (χ4v) is 2.30. The van der Waals surface area contributed by atoms with Gasteiger partial charge in [-0.2, -0.15) is 0 Å². The molecule has 0 radical (unpaired) electrons. The summed E-state index contributed by atoms with van der Waals surface area (Å²) in [6, 6.07) is 10.9. The summed E-state index contributed by atoms with van der Waals surface area (Å²) >= 11 is 0. The van der Waals surface area contributed by atoms with Gasteiger partial charge in [0, 0.05) is 30.5 Å². The van der Waals surface area contributed by atoms with Crippen LogP contribution in [0.4, 0.5) is 11.4 Å². The van der Waals surface area contributed by atoms with E-state index in [1.807, 2.05) is 31.2 Å². The van der Waals surface area contributed by atoms with Crippen LogP contribution in [0.5, 0.6) is 17.2 Å². The Morgan fingerprint density at radius 3 is 2.62 bits per heavy atom. The van der Waals surface area contributed by atoms with Gasteiger partial charge in [-0.25, -0.2) is 0 Å². The van der Waals surface area contributed by atoms with Crippen LogP contribution in [0.3, 0.4) is 0 Å². The highest BCUT2D eigenvalue weighted by Crippen LogP contribution is 2.37. The maximum Gasteiger partial charge on any atom is 0.231 e. The molecule has 0 saturated heterocycles. The van der Waals surface area contributed by atoms with Gasteiger partial charge < -0.3 is 19.5 Å². The van der Waals surface area contributed by atoms with Crippen molar-refractivity contribution < 1.29 is 19.0 Å². The zero-order valence-corrected chi connectivity index (χ0v) is 13.5. The quantitative estimate of drug-likeness (QED) is 0.854. The van der Waals surface area contributed by atoms with E-state index in [9.17, 15) is 4.79 Å². The number of carbonyl (C=O) groups is 1. The first-order chi connectivity index (χ1) is 11.7. The van der Waals surface area contributed by atoms with Crippen LogP contribution in [0.25, 0.3) is 0 Å². The van der Waals surface area contributed by atoms with Gasteiger partial charge >= 0.3 is 0 Å². The second kappa shape index (κ2) is 7.04. The average Bonchev–Trinajstić information content (AvgIpc) is 3.01. The molecule has 0 saturated carbocycles. The maximum absolute atomic E-state index is 11.0. The predicted molar refractivity (Wildman–Crippen MR) is 91.7 cm³/mol. The van der Waals surface area contributed by atoms with E-state index in [4.69, 9.17) is 14.2 Å². The molecule has 1 heterocycles. The van der Waals surface area contributed by atoms with Gasteiger partial charge in [0.1, 0.15) is 5.75 Å². The van der Waals surface area contributed by atoms with Gasteiger partial charge in [0.05, 0.1) is 12.3 Å². The molecule has 3 rings (SSSR count). The number of rotatable bonds is 5. The number of ether oxygens (including phenoxy) is 3. The van der Waals surface area contributed by atoms with Crippen LogP contribution in [0.15, 0.2) is 41.4 Å². The normalized spacial score (nSPS) is 12.4. The van der Waals surface area contributed by atoms with Gasteiger partial charge in [0.25, 0.3) is 0 Å². The van der Waals surface area contributed by atoms with Crippen molar-refractivity contribution in [1.29, 1.82) is 0 Å². The summed E-state index contributed by atoms with van der Waals surface area (Å²) in [5, 5.41) is 2.72. The van der Waals surface area contributed by atoms with E-state index in [0.717, 1.165) is 16.9 Å². The minimum atomic E-state index is -0.104. The van der Waals surface area contributed by atoms with Crippen molar-refractivity contribution in [1.82, 2.24) is 0 Å². The first kappa shape index (κ1) is 15.9. The molecular formula is C18H18N2O4. The molecule has 0 aromatic heterocycles. The lowest BCUT2D eigenvalue weighted by atomic mass is 10.2. The first-order valence-corrected chi connectivity index (χ1v) is 7.64. The van der Waals surface area contributed by atoms with Gasteiger partial charge in [-0.1, -0.05) is 0 Å². The van der Waals surface area contributed by atoms with Crippen molar-refractivity contribution in [3.8, 4) is 17.2 Å². The van der Waals surface area contributed by atoms with Crippen LogP contribution >= 0.6 is 0 Å². The molecule has 0 aliphatic carbocycles. The Labute approximate surface area is 140 Å². The van der Waals surface area contributed by atoms with Crippen LogP contribution in [0.2, 0.25) is 0 Å². The Kier molecular flexibility index (Phi) is 4.65. The number of anilines is 1. The molecule has 24 heavy (non-hydrogen) atoms. The third kappa shape index (κ3) is 3.65. The number of carbonyl (C=O) groups excluding carboxylic acids is 1. The molecule has 1 amide bonds. The Bertz CT molecular complexity index is 769. The summed E-state index contributed by atoms with van der Waals surface area (Å²) in [5.74, 6) is 1.95. The number of aliphatic imine (C=N–C) groups is 1. The fraction of sp³-hybridized carbons (Fsp3) is 0.222. The van der Waals surface area contributed by atoms with Crippen molar-refractivity contribution in [3.63, 3.8) is 0 Å². The molecule has 6 nitrogen and oxygen atoms in total.